The SMILES string of the molecule is CC(C)Cn1ncc2cc(C=NO)ccc21. The van der Waals surface area contributed by atoms with Crippen LogP contribution in [0.15, 0.2) is 29.6 Å². The van der Waals surface area contributed by atoms with Gasteiger partial charge in [-0.3, -0.25) is 4.68 Å². The number of fused-ring (bicyclic) bond motifs is 1. The van der Waals surface area contributed by atoms with Crippen LogP contribution in [0.1, 0.15) is 19.4 Å². The van der Waals surface area contributed by atoms with E-state index < -0.39 is 0 Å². The molecule has 2 aromatic rings. The van der Waals surface area contributed by atoms with Gasteiger partial charge in [0.05, 0.1) is 17.9 Å². The third-order valence-electron chi connectivity index (χ3n) is 2.41. The van der Waals surface area contributed by atoms with Gasteiger partial charge >= 0.3 is 0 Å². The highest BCUT2D eigenvalue weighted by atomic mass is 16.4. The zero-order chi connectivity index (χ0) is 11.5. The number of benzene rings is 1. The normalized spacial score (nSPS) is 11.9. The molecule has 0 atom stereocenters. The summed E-state index contributed by atoms with van der Waals surface area (Å²) in [5, 5.41) is 16.9. The molecule has 0 amide bonds. The number of aromatic nitrogens is 2. The lowest BCUT2D eigenvalue weighted by Crippen LogP contribution is -2.05. The van der Waals surface area contributed by atoms with Crippen molar-refractivity contribution >= 4 is 17.1 Å². The third kappa shape index (κ3) is 2.05. The highest BCUT2D eigenvalue weighted by molar-refractivity contribution is 5.88. The van der Waals surface area contributed by atoms with E-state index in [9.17, 15) is 0 Å². The van der Waals surface area contributed by atoms with Crippen LogP contribution in [0, 0.1) is 5.92 Å². The van der Waals surface area contributed by atoms with E-state index >= 15 is 0 Å². The summed E-state index contributed by atoms with van der Waals surface area (Å²) >= 11 is 0. The Balaban J connectivity index is 2.42. The molecule has 0 spiro atoms. The largest absolute Gasteiger partial charge is 0.411 e. The predicted octanol–water partition coefficient (Wildman–Crippen LogP) is 2.50. The van der Waals surface area contributed by atoms with Gasteiger partial charge in [0.25, 0.3) is 0 Å². The fourth-order valence-corrected chi connectivity index (χ4v) is 1.74. The average molecular weight is 217 g/mol. The van der Waals surface area contributed by atoms with Crippen molar-refractivity contribution in [2.75, 3.05) is 0 Å². The van der Waals surface area contributed by atoms with E-state index in [2.05, 4.69) is 24.1 Å². The van der Waals surface area contributed by atoms with E-state index in [1.807, 2.05) is 29.1 Å². The van der Waals surface area contributed by atoms with Crippen molar-refractivity contribution in [1.29, 1.82) is 0 Å². The van der Waals surface area contributed by atoms with E-state index in [1.54, 1.807) is 0 Å². The van der Waals surface area contributed by atoms with E-state index in [4.69, 9.17) is 5.21 Å². The summed E-state index contributed by atoms with van der Waals surface area (Å²) in [7, 11) is 0. The maximum atomic E-state index is 8.46. The van der Waals surface area contributed by atoms with Gasteiger partial charge in [-0.1, -0.05) is 25.1 Å². The first-order chi connectivity index (χ1) is 7.70. The molecule has 1 N–H and O–H groups in total. The Bertz CT molecular complexity index is 514. The molecule has 0 fully saturated rings. The average Bonchev–Trinajstić information content (AvgIpc) is 2.61. The molecule has 0 aliphatic heterocycles. The first kappa shape index (κ1) is 10.7. The lowest BCUT2D eigenvalue weighted by atomic mass is 10.1. The first-order valence-electron chi connectivity index (χ1n) is 5.33. The molecule has 1 aromatic carbocycles. The van der Waals surface area contributed by atoms with Gasteiger partial charge in [-0.2, -0.15) is 5.10 Å². The Morgan fingerprint density at radius 1 is 1.50 bits per heavy atom. The van der Waals surface area contributed by atoms with E-state index in [-0.39, 0.29) is 0 Å². The van der Waals surface area contributed by atoms with Gasteiger partial charge in [-0.15, -0.1) is 0 Å². The molecular weight excluding hydrogens is 202 g/mol. The maximum Gasteiger partial charge on any atom is 0.0734 e. The fraction of sp³-hybridized carbons (Fsp3) is 0.333. The minimum Gasteiger partial charge on any atom is -0.411 e. The molecule has 0 aliphatic carbocycles. The Morgan fingerprint density at radius 3 is 3.00 bits per heavy atom. The van der Waals surface area contributed by atoms with Crippen molar-refractivity contribution in [1.82, 2.24) is 9.78 Å². The zero-order valence-electron chi connectivity index (χ0n) is 9.46. The van der Waals surface area contributed by atoms with Crippen molar-refractivity contribution < 1.29 is 5.21 Å². The minimum absolute atomic E-state index is 0.571. The van der Waals surface area contributed by atoms with Gasteiger partial charge in [-0.25, -0.2) is 0 Å². The van der Waals surface area contributed by atoms with Gasteiger partial charge in [0.1, 0.15) is 0 Å². The summed E-state index contributed by atoms with van der Waals surface area (Å²) < 4.78 is 2.00. The van der Waals surface area contributed by atoms with Gasteiger partial charge < -0.3 is 5.21 Å². The number of hydrogen-bond donors (Lipinski definition) is 1. The highest BCUT2D eigenvalue weighted by Gasteiger charge is 2.04. The van der Waals surface area contributed by atoms with Crippen molar-refractivity contribution in [3.63, 3.8) is 0 Å². The molecule has 0 saturated heterocycles. The Morgan fingerprint density at radius 2 is 2.31 bits per heavy atom. The van der Waals surface area contributed by atoms with Crippen LogP contribution in [-0.2, 0) is 6.54 Å². The van der Waals surface area contributed by atoms with Crippen molar-refractivity contribution in [3.05, 3.63) is 30.0 Å². The van der Waals surface area contributed by atoms with Crippen LogP contribution in [-0.4, -0.2) is 21.2 Å². The van der Waals surface area contributed by atoms with E-state index in [1.165, 1.54) is 6.21 Å². The molecule has 4 heteroatoms. The zero-order valence-corrected chi connectivity index (χ0v) is 9.46. The smallest absolute Gasteiger partial charge is 0.0734 e. The van der Waals surface area contributed by atoms with Crippen molar-refractivity contribution in [2.24, 2.45) is 11.1 Å². The van der Waals surface area contributed by atoms with Crippen LogP contribution in [0.5, 0.6) is 0 Å². The summed E-state index contributed by atoms with van der Waals surface area (Å²) in [5.41, 5.74) is 1.99. The summed E-state index contributed by atoms with van der Waals surface area (Å²) in [5.74, 6) is 0.571. The fourth-order valence-electron chi connectivity index (χ4n) is 1.74. The molecule has 0 bridgehead atoms. The van der Waals surface area contributed by atoms with Gasteiger partial charge in [0.15, 0.2) is 0 Å². The molecule has 1 aromatic heterocycles. The monoisotopic (exact) mass is 217 g/mol. The molecule has 0 unspecified atom stereocenters. The molecule has 0 saturated carbocycles. The van der Waals surface area contributed by atoms with Crippen LogP contribution in [0.3, 0.4) is 0 Å². The van der Waals surface area contributed by atoms with Crippen molar-refractivity contribution in [2.45, 2.75) is 20.4 Å². The molecule has 16 heavy (non-hydrogen) atoms. The summed E-state index contributed by atoms with van der Waals surface area (Å²) in [6.07, 6.45) is 3.26. The minimum atomic E-state index is 0.571. The summed E-state index contributed by atoms with van der Waals surface area (Å²) in [4.78, 5) is 0. The topological polar surface area (TPSA) is 50.4 Å². The molecule has 1 heterocycles. The maximum absolute atomic E-state index is 8.46. The van der Waals surface area contributed by atoms with Crippen LogP contribution in [0.2, 0.25) is 0 Å². The number of rotatable bonds is 3. The Kier molecular flexibility index (Phi) is 2.90. The molecule has 0 radical (unpaired) electrons. The second-order valence-electron chi connectivity index (χ2n) is 4.28. The van der Waals surface area contributed by atoms with Gasteiger partial charge in [0, 0.05) is 11.9 Å². The van der Waals surface area contributed by atoms with Crippen LogP contribution in [0.4, 0.5) is 0 Å². The standard InChI is InChI=1S/C12H15N3O/c1-9(2)8-15-12-4-3-10(6-14-16)5-11(12)7-13-15/h3-7,9,16H,8H2,1-2H3. The van der Waals surface area contributed by atoms with Crippen LogP contribution >= 0.6 is 0 Å². The number of hydrogen-bond acceptors (Lipinski definition) is 3. The summed E-state index contributed by atoms with van der Waals surface area (Å²) in [6, 6.07) is 5.88. The van der Waals surface area contributed by atoms with E-state index in [0.717, 1.165) is 23.0 Å². The lowest BCUT2D eigenvalue weighted by molar-refractivity contribution is 0.322. The number of oxime groups is 1. The molecule has 4 nitrogen and oxygen atoms in total. The molecule has 2 rings (SSSR count). The predicted molar refractivity (Wildman–Crippen MR) is 64.0 cm³/mol. The van der Waals surface area contributed by atoms with Gasteiger partial charge in [-0.05, 0) is 23.6 Å². The molecular formula is C12H15N3O. The quantitative estimate of drug-likeness (QED) is 0.488. The third-order valence-corrected chi connectivity index (χ3v) is 2.41. The summed E-state index contributed by atoms with van der Waals surface area (Å²) in [6.45, 7) is 5.25. The lowest BCUT2D eigenvalue weighted by Gasteiger charge is -2.06. The second kappa shape index (κ2) is 4.35. The van der Waals surface area contributed by atoms with E-state index in [0.29, 0.717) is 5.92 Å². The van der Waals surface area contributed by atoms with Crippen LogP contribution in [0.25, 0.3) is 10.9 Å². The van der Waals surface area contributed by atoms with Crippen molar-refractivity contribution in [3.8, 4) is 0 Å². The number of nitrogens with zero attached hydrogens (tertiary/aromatic N) is 3. The molecule has 84 valence electrons. The first-order valence-corrected chi connectivity index (χ1v) is 5.33. The highest BCUT2D eigenvalue weighted by Crippen LogP contribution is 2.16. The Labute approximate surface area is 94.2 Å². The Hall–Kier alpha value is -1.84. The van der Waals surface area contributed by atoms with Crippen LogP contribution < -0.4 is 0 Å². The van der Waals surface area contributed by atoms with Gasteiger partial charge in [0.2, 0.25) is 0 Å². The second-order valence-corrected chi connectivity index (χ2v) is 4.28. The molecule has 0 aliphatic rings.